The highest BCUT2D eigenvalue weighted by molar-refractivity contribution is 9.09. The van der Waals surface area contributed by atoms with Gasteiger partial charge in [0, 0.05) is 13.1 Å². The predicted octanol–water partition coefficient (Wildman–Crippen LogP) is -0.494. The molecule has 6 nitrogen and oxygen atoms in total. The van der Waals surface area contributed by atoms with Gasteiger partial charge in [-0.05, 0) is 0 Å². The molecule has 1 amide bonds. The van der Waals surface area contributed by atoms with Crippen LogP contribution in [0.25, 0.3) is 0 Å². The second-order valence-corrected chi connectivity index (χ2v) is 3.67. The van der Waals surface area contributed by atoms with Crippen LogP contribution in [0.1, 0.15) is 0 Å². The second kappa shape index (κ2) is 13.9. The lowest BCUT2D eigenvalue weighted by molar-refractivity contribution is -0.118. The summed E-state index contributed by atoms with van der Waals surface area (Å²) < 4.78 is 15.6. The van der Waals surface area contributed by atoms with Gasteiger partial charge in [0.05, 0.1) is 45.0 Å². The molecule has 17 heavy (non-hydrogen) atoms. The first-order chi connectivity index (χ1) is 8.31. The van der Waals surface area contributed by atoms with Crippen LogP contribution in [0.4, 0.5) is 0 Å². The van der Waals surface area contributed by atoms with Gasteiger partial charge in [-0.25, -0.2) is 0 Å². The fraction of sp³-hybridized carbons (Fsp3) is 0.900. The van der Waals surface area contributed by atoms with Gasteiger partial charge in [-0.1, -0.05) is 15.9 Å². The Balaban J connectivity index is 2.96. The fourth-order valence-electron chi connectivity index (χ4n) is 0.935. The zero-order valence-electron chi connectivity index (χ0n) is 9.95. The number of nitrogens with one attached hydrogen (secondary N) is 1. The number of alkyl halides is 1. The highest BCUT2D eigenvalue weighted by atomic mass is 79.9. The van der Waals surface area contributed by atoms with Crippen molar-refractivity contribution in [2.75, 3.05) is 58.1 Å². The summed E-state index contributed by atoms with van der Waals surface area (Å²) in [5, 5.41) is 2.99. The van der Waals surface area contributed by atoms with Crippen LogP contribution in [0.3, 0.4) is 0 Å². The van der Waals surface area contributed by atoms with E-state index in [2.05, 4.69) is 21.2 Å². The Morgan fingerprint density at radius 1 is 1.00 bits per heavy atom. The molecule has 0 radical (unpaired) electrons. The van der Waals surface area contributed by atoms with E-state index in [1.807, 2.05) is 0 Å². The minimum atomic E-state index is -0.0399. The Bertz CT molecular complexity index is 184. The van der Waals surface area contributed by atoms with E-state index in [-0.39, 0.29) is 5.91 Å². The molecule has 0 saturated heterocycles. The maximum atomic E-state index is 10.8. The van der Waals surface area contributed by atoms with Crippen molar-refractivity contribution in [1.29, 1.82) is 0 Å². The van der Waals surface area contributed by atoms with Gasteiger partial charge in [0.15, 0.2) is 0 Å². The van der Waals surface area contributed by atoms with Crippen molar-refractivity contribution < 1.29 is 19.0 Å². The molecule has 0 fully saturated rings. The maximum absolute atomic E-state index is 10.8. The molecular weight excluding hydrogens is 292 g/mol. The first-order valence-electron chi connectivity index (χ1n) is 5.57. The van der Waals surface area contributed by atoms with Gasteiger partial charge in [-0.3, -0.25) is 4.79 Å². The van der Waals surface area contributed by atoms with E-state index < -0.39 is 0 Å². The lowest BCUT2D eigenvalue weighted by atomic mass is 10.6. The summed E-state index contributed by atoms with van der Waals surface area (Å²) in [6.07, 6.45) is 0. The number of halogens is 1. The lowest BCUT2D eigenvalue weighted by Crippen LogP contribution is -2.28. The molecule has 102 valence electrons. The molecule has 0 bridgehead atoms. The average Bonchev–Trinajstić information content (AvgIpc) is 2.35. The van der Waals surface area contributed by atoms with E-state index in [0.717, 1.165) is 0 Å². The van der Waals surface area contributed by atoms with Crippen LogP contribution in [0.15, 0.2) is 0 Å². The first kappa shape index (κ1) is 16.8. The monoisotopic (exact) mass is 312 g/mol. The fourth-order valence-corrected chi connectivity index (χ4v) is 1.13. The zero-order valence-corrected chi connectivity index (χ0v) is 11.5. The Morgan fingerprint density at radius 3 is 2.06 bits per heavy atom. The molecule has 0 aliphatic carbocycles. The SMILES string of the molecule is NCCOCCOCCOCCNC(=O)CBr. The number of carbonyl (C=O) groups excluding carboxylic acids is 1. The van der Waals surface area contributed by atoms with Crippen LogP contribution >= 0.6 is 15.9 Å². The normalized spacial score (nSPS) is 10.5. The number of ether oxygens (including phenoxy) is 3. The van der Waals surface area contributed by atoms with Gasteiger partial charge in [-0.2, -0.15) is 0 Å². The van der Waals surface area contributed by atoms with Crippen molar-refractivity contribution in [3.8, 4) is 0 Å². The molecule has 0 aromatic carbocycles. The third kappa shape index (κ3) is 13.7. The predicted molar refractivity (Wildman–Crippen MR) is 68.3 cm³/mol. The van der Waals surface area contributed by atoms with Crippen LogP contribution in [0.5, 0.6) is 0 Å². The van der Waals surface area contributed by atoms with Crippen molar-refractivity contribution in [2.45, 2.75) is 0 Å². The molecule has 0 aliphatic heterocycles. The quantitative estimate of drug-likeness (QED) is 0.375. The number of nitrogens with two attached hydrogens (primary N) is 1. The second-order valence-electron chi connectivity index (χ2n) is 3.11. The molecule has 0 saturated carbocycles. The average molecular weight is 313 g/mol. The number of hydrogen-bond acceptors (Lipinski definition) is 5. The Kier molecular flexibility index (Phi) is 13.7. The Hall–Kier alpha value is -0.210. The summed E-state index contributed by atoms with van der Waals surface area (Å²) in [6.45, 7) is 4.24. The van der Waals surface area contributed by atoms with Gasteiger partial charge < -0.3 is 25.3 Å². The van der Waals surface area contributed by atoms with Crippen LogP contribution in [-0.4, -0.2) is 64.0 Å². The van der Waals surface area contributed by atoms with Crippen molar-refractivity contribution in [2.24, 2.45) is 5.73 Å². The zero-order chi connectivity index (χ0) is 12.8. The standard InChI is InChI=1S/C10H21BrN2O4/c11-9-10(14)13-2-4-16-6-8-17-7-5-15-3-1-12/h1-9,12H2,(H,13,14). The molecular formula is C10H21BrN2O4. The molecule has 0 spiro atoms. The van der Waals surface area contributed by atoms with E-state index >= 15 is 0 Å². The van der Waals surface area contributed by atoms with E-state index in [1.165, 1.54) is 0 Å². The van der Waals surface area contributed by atoms with Gasteiger partial charge in [0.1, 0.15) is 0 Å². The van der Waals surface area contributed by atoms with Gasteiger partial charge >= 0.3 is 0 Å². The Labute approximate surface area is 110 Å². The summed E-state index contributed by atoms with van der Waals surface area (Å²) in [6, 6.07) is 0. The summed E-state index contributed by atoms with van der Waals surface area (Å²) in [7, 11) is 0. The van der Waals surface area contributed by atoms with Crippen molar-refractivity contribution in [1.82, 2.24) is 5.32 Å². The number of hydrogen-bond donors (Lipinski definition) is 2. The summed E-state index contributed by atoms with van der Waals surface area (Å²) in [5.74, 6) is -0.0399. The molecule has 0 heterocycles. The van der Waals surface area contributed by atoms with Crippen molar-refractivity contribution in [3.05, 3.63) is 0 Å². The van der Waals surface area contributed by atoms with E-state index in [1.54, 1.807) is 0 Å². The third-order valence-electron chi connectivity index (χ3n) is 1.70. The molecule has 0 unspecified atom stereocenters. The summed E-state index contributed by atoms with van der Waals surface area (Å²) in [5.41, 5.74) is 5.25. The molecule has 0 aliphatic rings. The molecule has 0 aromatic rings. The lowest BCUT2D eigenvalue weighted by Gasteiger charge is -2.06. The van der Waals surface area contributed by atoms with E-state index in [9.17, 15) is 4.79 Å². The van der Waals surface area contributed by atoms with Crippen LogP contribution in [0, 0.1) is 0 Å². The van der Waals surface area contributed by atoms with Crippen LogP contribution in [-0.2, 0) is 19.0 Å². The maximum Gasteiger partial charge on any atom is 0.230 e. The first-order valence-corrected chi connectivity index (χ1v) is 6.69. The summed E-state index contributed by atoms with van der Waals surface area (Å²) in [4.78, 5) is 10.8. The largest absolute Gasteiger partial charge is 0.378 e. The highest BCUT2D eigenvalue weighted by Gasteiger charge is 1.96. The highest BCUT2D eigenvalue weighted by Crippen LogP contribution is 1.81. The summed E-state index contributed by atoms with van der Waals surface area (Å²) >= 11 is 3.05. The minimum Gasteiger partial charge on any atom is -0.378 e. The third-order valence-corrected chi connectivity index (χ3v) is 2.21. The van der Waals surface area contributed by atoms with Crippen LogP contribution < -0.4 is 11.1 Å². The number of carbonyl (C=O) groups is 1. The number of rotatable bonds is 12. The number of amides is 1. The van der Waals surface area contributed by atoms with E-state index in [4.69, 9.17) is 19.9 Å². The minimum absolute atomic E-state index is 0.0399. The van der Waals surface area contributed by atoms with Gasteiger partial charge in [0.25, 0.3) is 0 Å². The topological polar surface area (TPSA) is 82.8 Å². The molecule has 0 rings (SSSR count). The molecule has 0 atom stereocenters. The van der Waals surface area contributed by atoms with Crippen molar-refractivity contribution >= 4 is 21.8 Å². The van der Waals surface area contributed by atoms with Crippen LogP contribution in [0.2, 0.25) is 0 Å². The van der Waals surface area contributed by atoms with Gasteiger partial charge in [0.2, 0.25) is 5.91 Å². The van der Waals surface area contributed by atoms with E-state index in [0.29, 0.717) is 58.1 Å². The smallest absolute Gasteiger partial charge is 0.230 e. The Morgan fingerprint density at radius 2 is 1.53 bits per heavy atom. The molecule has 3 N–H and O–H groups in total. The van der Waals surface area contributed by atoms with Gasteiger partial charge in [-0.15, -0.1) is 0 Å². The molecule has 7 heteroatoms. The van der Waals surface area contributed by atoms with Crippen molar-refractivity contribution in [3.63, 3.8) is 0 Å². The molecule has 0 aromatic heterocycles.